The molecule has 4 nitrogen and oxygen atoms in total. The average Bonchev–Trinajstić information content (AvgIpc) is 2.40. The highest BCUT2D eigenvalue weighted by atomic mass is 35.5. The molecule has 0 radical (unpaired) electrons. The molecule has 0 saturated carbocycles. The summed E-state index contributed by atoms with van der Waals surface area (Å²) in [5.41, 5.74) is 1.17. The second-order valence-corrected chi connectivity index (χ2v) is 3.92. The molecule has 1 heterocycles. The van der Waals surface area contributed by atoms with Crippen LogP contribution in [0.15, 0.2) is 18.2 Å². The molecule has 1 aromatic carbocycles. The number of methoxy groups -OCH3 is 1. The summed E-state index contributed by atoms with van der Waals surface area (Å²) < 4.78 is 16.3. The minimum atomic E-state index is 0. The minimum Gasteiger partial charge on any atom is -0.493 e. The molecule has 1 aromatic rings. The van der Waals surface area contributed by atoms with E-state index in [9.17, 15) is 0 Å². The van der Waals surface area contributed by atoms with Gasteiger partial charge in [-0.05, 0) is 24.6 Å². The van der Waals surface area contributed by atoms with Gasteiger partial charge in [-0.25, -0.2) is 0 Å². The summed E-state index contributed by atoms with van der Waals surface area (Å²) in [6, 6.07) is 6.26. The highest BCUT2D eigenvalue weighted by Crippen LogP contribution is 2.30. The maximum Gasteiger partial charge on any atom is 0.161 e. The van der Waals surface area contributed by atoms with Crippen LogP contribution in [0.2, 0.25) is 0 Å². The van der Waals surface area contributed by atoms with Crippen LogP contribution in [0.1, 0.15) is 18.5 Å². The predicted octanol–water partition coefficient (Wildman–Crippen LogP) is 2.18. The zero-order chi connectivity index (χ0) is 12.1. The Morgan fingerprint density at radius 2 is 2.22 bits per heavy atom. The average molecular weight is 274 g/mol. The van der Waals surface area contributed by atoms with Gasteiger partial charge in [-0.2, -0.15) is 0 Å². The Balaban J connectivity index is 0.00000162. The number of hydrogen-bond acceptors (Lipinski definition) is 4. The van der Waals surface area contributed by atoms with Crippen LogP contribution < -0.4 is 14.8 Å². The molecule has 0 amide bonds. The molecule has 1 aliphatic heterocycles. The fourth-order valence-electron chi connectivity index (χ4n) is 1.96. The zero-order valence-corrected chi connectivity index (χ0v) is 11.6. The van der Waals surface area contributed by atoms with E-state index in [-0.39, 0.29) is 18.4 Å². The van der Waals surface area contributed by atoms with E-state index in [1.165, 1.54) is 5.56 Å². The van der Waals surface area contributed by atoms with Crippen LogP contribution in [-0.2, 0) is 4.74 Å². The third-order valence-electron chi connectivity index (χ3n) is 2.81. The second kappa shape index (κ2) is 7.46. The van der Waals surface area contributed by atoms with Crippen LogP contribution in [0.3, 0.4) is 0 Å². The van der Waals surface area contributed by atoms with Crippen LogP contribution in [-0.4, -0.2) is 33.5 Å². The van der Waals surface area contributed by atoms with Gasteiger partial charge in [-0.1, -0.05) is 6.07 Å². The van der Waals surface area contributed by atoms with Gasteiger partial charge in [0.05, 0.1) is 33.0 Å². The number of hydrogen-bond donors (Lipinski definition) is 1. The van der Waals surface area contributed by atoms with E-state index >= 15 is 0 Å². The van der Waals surface area contributed by atoms with Crippen molar-refractivity contribution in [3.05, 3.63) is 23.8 Å². The van der Waals surface area contributed by atoms with Gasteiger partial charge >= 0.3 is 0 Å². The number of nitrogens with one attached hydrogen (secondary N) is 1. The Hall–Kier alpha value is -0.970. The minimum absolute atomic E-state index is 0. The Labute approximate surface area is 114 Å². The summed E-state index contributed by atoms with van der Waals surface area (Å²) >= 11 is 0. The Morgan fingerprint density at radius 3 is 2.83 bits per heavy atom. The lowest BCUT2D eigenvalue weighted by atomic mass is 10.1. The highest BCUT2D eigenvalue weighted by molar-refractivity contribution is 5.85. The first kappa shape index (κ1) is 15.1. The third-order valence-corrected chi connectivity index (χ3v) is 2.81. The van der Waals surface area contributed by atoms with Gasteiger partial charge in [-0.3, -0.25) is 0 Å². The van der Waals surface area contributed by atoms with E-state index in [2.05, 4.69) is 11.4 Å². The van der Waals surface area contributed by atoms with Gasteiger partial charge in [-0.15, -0.1) is 12.4 Å². The second-order valence-electron chi connectivity index (χ2n) is 3.92. The number of ether oxygens (including phenoxy) is 3. The van der Waals surface area contributed by atoms with Crippen LogP contribution in [0.5, 0.6) is 11.5 Å². The molecule has 18 heavy (non-hydrogen) atoms. The predicted molar refractivity (Wildman–Crippen MR) is 73.0 cm³/mol. The lowest BCUT2D eigenvalue weighted by molar-refractivity contribution is 0.0768. The summed E-state index contributed by atoms with van der Waals surface area (Å²) in [4.78, 5) is 0. The lowest BCUT2D eigenvalue weighted by Crippen LogP contribution is -2.34. The Morgan fingerprint density at radius 1 is 1.39 bits per heavy atom. The first-order valence-corrected chi connectivity index (χ1v) is 5.97. The lowest BCUT2D eigenvalue weighted by Gasteiger charge is -2.24. The van der Waals surface area contributed by atoms with E-state index in [0.29, 0.717) is 13.2 Å². The topological polar surface area (TPSA) is 39.7 Å². The molecule has 1 saturated heterocycles. The van der Waals surface area contributed by atoms with Gasteiger partial charge in [0.25, 0.3) is 0 Å². The molecule has 2 rings (SSSR count). The smallest absolute Gasteiger partial charge is 0.161 e. The maximum absolute atomic E-state index is 5.49. The molecule has 1 atom stereocenters. The highest BCUT2D eigenvalue weighted by Gasteiger charge is 2.17. The summed E-state index contributed by atoms with van der Waals surface area (Å²) in [5.74, 6) is 1.56. The molecule has 0 unspecified atom stereocenters. The van der Waals surface area contributed by atoms with Crippen LogP contribution in [0.4, 0.5) is 0 Å². The first-order chi connectivity index (χ1) is 8.35. The number of halogens is 1. The van der Waals surface area contributed by atoms with Crippen molar-refractivity contribution < 1.29 is 14.2 Å². The van der Waals surface area contributed by atoms with Gasteiger partial charge in [0.15, 0.2) is 11.5 Å². The molecule has 1 fully saturated rings. The van der Waals surface area contributed by atoms with Crippen molar-refractivity contribution in [3.63, 3.8) is 0 Å². The van der Waals surface area contributed by atoms with Crippen molar-refractivity contribution in [1.29, 1.82) is 0 Å². The van der Waals surface area contributed by atoms with Crippen molar-refractivity contribution in [2.75, 3.05) is 33.5 Å². The van der Waals surface area contributed by atoms with Crippen molar-refractivity contribution in [1.82, 2.24) is 5.32 Å². The number of morpholine rings is 1. The van der Waals surface area contributed by atoms with E-state index in [1.54, 1.807) is 7.11 Å². The Bertz CT molecular complexity index is 367. The number of benzene rings is 1. The summed E-state index contributed by atoms with van der Waals surface area (Å²) in [7, 11) is 1.66. The molecule has 102 valence electrons. The van der Waals surface area contributed by atoms with E-state index in [1.807, 2.05) is 19.1 Å². The molecule has 1 N–H and O–H groups in total. The molecule has 0 aliphatic carbocycles. The maximum atomic E-state index is 5.49. The van der Waals surface area contributed by atoms with E-state index in [0.717, 1.165) is 24.7 Å². The summed E-state index contributed by atoms with van der Waals surface area (Å²) in [5, 5.41) is 3.42. The van der Waals surface area contributed by atoms with E-state index < -0.39 is 0 Å². The molecule has 1 aliphatic rings. The Kier molecular flexibility index (Phi) is 6.25. The van der Waals surface area contributed by atoms with Gasteiger partial charge < -0.3 is 19.5 Å². The van der Waals surface area contributed by atoms with E-state index in [4.69, 9.17) is 14.2 Å². The normalized spacial score (nSPS) is 18.9. The van der Waals surface area contributed by atoms with Crippen molar-refractivity contribution in [2.45, 2.75) is 13.0 Å². The van der Waals surface area contributed by atoms with Crippen molar-refractivity contribution in [3.8, 4) is 11.5 Å². The fraction of sp³-hybridized carbons (Fsp3) is 0.538. The monoisotopic (exact) mass is 273 g/mol. The van der Waals surface area contributed by atoms with Crippen LogP contribution >= 0.6 is 12.4 Å². The zero-order valence-electron chi connectivity index (χ0n) is 10.8. The molecule has 5 heteroatoms. The molecule has 0 spiro atoms. The molecular weight excluding hydrogens is 254 g/mol. The summed E-state index contributed by atoms with van der Waals surface area (Å²) in [6.45, 7) is 4.98. The standard InChI is InChI=1S/C13H19NO3.ClH/c1-3-17-12-5-4-10(8-13(12)15-2)11-9-16-7-6-14-11;/h4-5,8,11,14H,3,6-7,9H2,1-2H3;1H/t11-;/m0./s1. The van der Waals surface area contributed by atoms with Crippen LogP contribution in [0, 0.1) is 0 Å². The summed E-state index contributed by atoms with van der Waals surface area (Å²) in [6.07, 6.45) is 0. The SMILES string of the molecule is CCOc1ccc([C@@H]2COCCN2)cc1OC.Cl. The van der Waals surface area contributed by atoms with Gasteiger partial charge in [0.1, 0.15) is 0 Å². The molecular formula is C13H20ClNO3. The molecule has 0 bridgehead atoms. The van der Waals surface area contributed by atoms with Crippen LogP contribution in [0.25, 0.3) is 0 Å². The number of rotatable bonds is 4. The first-order valence-electron chi connectivity index (χ1n) is 5.97. The molecule has 0 aromatic heterocycles. The third kappa shape index (κ3) is 3.51. The van der Waals surface area contributed by atoms with Crippen molar-refractivity contribution in [2.24, 2.45) is 0 Å². The van der Waals surface area contributed by atoms with Gasteiger partial charge in [0.2, 0.25) is 0 Å². The van der Waals surface area contributed by atoms with Crippen molar-refractivity contribution >= 4 is 12.4 Å². The quantitative estimate of drug-likeness (QED) is 0.913. The fourth-order valence-corrected chi connectivity index (χ4v) is 1.96. The largest absolute Gasteiger partial charge is 0.493 e. The van der Waals surface area contributed by atoms with Gasteiger partial charge in [0, 0.05) is 6.54 Å².